The van der Waals surface area contributed by atoms with Gasteiger partial charge in [0.15, 0.2) is 0 Å². The van der Waals surface area contributed by atoms with Gasteiger partial charge in [-0.15, -0.1) is 0 Å². The maximum atomic E-state index is 11.2. The third-order valence-electron chi connectivity index (χ3n) is 3.52. The van der Waals surface area contributed by atoms with E-state index in [4.69, 9.17) is 10.3 Å². The van der Waals surface area contributed by atoms with E-state index in [1.807, 2.05) is 0 Å². The maximum Gasteiger partial charge on any atom is 0.337 e. The third kappa shape index (κ3) is 3.98. The number of nitrogens with one attached hydrogen (secondary N) is 2. The van der Waals surface area contributed by atoms with E-state index in [-0.39, 0.29) is 12.1 Å². The second kappa shape index (κ2) is 7.59. The Morgan fingerprint density at radius 1 is 1.30 bits per heavy atom. The van der Waals surface area contributed by atoms with Crippen LogP contribution in [0.3, 0.4) is 0 Å². The zero-order valence-corrected chi connectivity index (χ0v) is 12.9. The van der Waals surface area contributed by atoms with Crippen molar-refractivity contribution < 1.29 is 19.9 Å². The monoisotopic (exact) mass is 320 g/mol. The first-order valence-electron chi connectivity index (χ1n) is 7.48. The van der Waals surface area contributed by atoms with Crippen LogP contribution in [0.1, 0.15) is 42.2 Å². The van der Waals surface area contributed by atoms with Crippen molar-refractivity contribution in [1.82, 2.24) is 14.9 Å². The molecule has 0 spiro atoms. The predicted octanol–water partition coefficient (Wildman–Crippen LogP) is 1.68. The minimum absolute atomic E-state index is 0.118. The summed E-state index contributed by atoms with van der Waals surface area (Å²) in [5.74, 6) is -1.06. The molecule has 0 radical (unpaired) electrons. The molecule has 2 heterocycles. The van der Waals surface area contributed by atoms with Crippen LogP contribution in [0.4, 0.5) is 5.82 Å². The summed E-state index contributed by atoms with van der Waals surface area (Å²) in [5.41, 5.74) is 3.15. The van der Waals surface area contributed by atoms with Gasteiger partial charge in [0.1, 0.15) is 11.5 Å². The van der Waals surface area contributed by atoms with Gasteiger partial charge in [-0.3, -0.25) is 10.0 Å². The molecule has 0 saturated heterocycles. The van der Waals surface area contributed by atoms with Crippen LogP contribution in [0.5, 0.6) is 0 Å². The molecule has 0 aliphatic rings. The number of carbonyl (C=O) groups is 2. The molecule has 2 aromatic heterocycles. The first-order chi connectivity index (χ1) is 11.1. The Kier molecular flexibility index (Phi) is 5.53. The van der Waals surface area contributed by atoms with E-state index in [0.717, 1.165) is 25.0 Å². The molecule has 0 bridgehead atoms. The number of unbranched alkanes of at least 4 members (excludes halogenated alkanes) is 2. The third-order valence-corrected chi connectivity index (χ3v) is 3.52. The summed E-state index contributed by atoms with van der Waals surface area (Å²) >= 11 is 0. The normalized spacial score (nSPS) is 10.7. The van der Waals surface area contributed by atoms with Crippen molar-refractivity contribution >= 4 is 23.3 Å². The molecule has 8 nitrogen and oxygen atoms in total. The molecule has 0 aromatic carbocycles. The lowest BCUT2D eigenvalue weighted by atomic mass is 10.1. The number of nitrogens with zero attached hydrogens (tertiary/aromatic N) is 2. The molecule has 0 aliphatic heterocycles. The van der Waals surface area contributed by atoms with Gasteiger partial charge >= 0.3 is 5.97 Å². The molecular formula is C15H20N4O4. The van der Waals surface area contributed by atoms with Gasteiger partial charge in [0.25, 0.3) is 5.91 Å². The van der Waals surface area contributed by atoms with Crippen LogP contribution in [0.2, 0.25) is 0 Å². The van der Waals surface area contributed by atoms with Gasteiger partial charge in [-0.25, -0.2) is 15.3 Å². The van der Waals surface area contributed by atoms with E-state index in [1.165, 1.54) is 12.3 Å². The molecule has 23 heavy (non-hydrogen) atoms. The first kappa shape index (κ1) is 16.8. The average Bonchev–Trinajstić information content (AvgIpc) is 2.89. The molecular weight excluding hydrogens is 300 g/mol. The fourth-order valence-corrected chi connectivity index (χ4v) is 2.35. The fraction of sp³-hybridized carbons (Fsp3) is 0.400. The number of rotatable bonds is 8. The van der Waals surface area contributed by atoms with Crippen LogP contribution in [0.25, 0.3) is 5.65 Å². The molecule has 124 valence electrons. The molecule has 0 fully saturated rings. The summed E-state index contributed by atoms with van der Waals surface area (Å²) in [7, 11) is 0. The Morgan fingerprint density at radius 3 is 2.74 bits per heavy atom. The van der Waals surface area contributed by atoms with Crippen molar-refractivity contribution in [2.24, 2.45) is 0 Å². The highest BCUT2D eigenvalue weighted by Gasteiger charge is 2.14. The second-order valence-electron chi connectivity index (χ2n) is 5.20. The van der Waals surface area contributed by atoms with E-state index in [1.54, 1.807) is 15.9 Å². The highest BCUT2D eigenvalue weighted by Crippen LogP contribution is 2.21. The number of anilines is 1. The molecule has 0 aliphatic carbocycles. The minimum atomic E-state index is -1.01. The van der Waals surface area contributed by atoms with E-state index < -0.39 is 11.9 Å². The predicted molar refractivity (Wildman–Crippen MR) is 83.8 cm³/mol. The largest absolute Gasteiger partial charge is 0.478 e. The number of hydrogen-bond donors (Lipinski definition) is 4. The maximum absolute atomic E-state index is 11.2. The molecule has 2 rings (SSSR count). The number of hydrogen-bond acceptors (Lipinski definition) is 5. The molecule has 2 aromatic rings. The van der Waals surface area contributed by atoms with Crippen molar-refractivity contribution in [1.29, 1.82) is 0 Å². The number of hydroxylamine groups is 1. The number of fused-ring (bicyclic) bond motifs is 1. The number of aryl methyl sites for hydroxylation is 1. The number of amides is 1. The Bertz CT molecular complexity index is 711. The van der Waals surface area contributed by atoms with Gasteiger partial charge in [-0.1, -0.05) is 19.8 Å². The number of carboxylic acid groups (broad SMARTS) is 1. The van der Waals surface area contributed by atoms with Crippen LogP contribution in [0.15, 0.2) is 18.3 Å². The highest BCUT2D eigenvalue weighted by atomic mass is 16.5. The van der Waals surface area contributed by atoms with Crippen molar-refractivity contribution in [3.8, 4) is 0 Å². The molecule has 0 unspecified atom stereocenters. The Balaban J connectivity index is 2.36. The molecule has 0 saturated carbocycles. The summed E-state index contributed by atoms with van der Waals surface area (Å²) in [6, 6.07) is 3.12. The summed E-state index contributed by atoms with van der Waals surface area (Å²) in [5, 5.41) is 20.6. The van der Waals surface area contributed by atoms with Crippen LogP contribution < -0.4 is 10.8 Å². The standard InChI is InChI=1S/C15H20N4O4/c1-2-3-4-5-11-14(16-8-13(20)18-23)17-12-7-6-10(15(21)22)9-19(11)12/h6-7,9,16,23H,2-5,8H2,1H3,(H,18,20)(H,21,22). The van der Waals surface area contributed by atoms with Gasteiger partial charge in [-0.05, 0) is 25.0 Å². The van der Waals surface area contributed by atoms with E-state index >= 15 is 0 Å². The molecule has 8 heteroatoms. The van der Waals surface area contributed by atoms with Crippen LogP contribution in [-0.4, -0.2) is 38.1 Å². The van der Waals surface area contributed by atoms with Crippen LogP contribution >= 0.6 is 0 Å². The Labute approximate surface area is 133 Å². The van der Waals surface area contributed by atoms with Crippen molar-refractivity contribution in [2.75, 3.05) is 11.9 Å². The summed E-state index contributed by atoms with van der Waals surface area (Å²) in [4.78, 5) is 26.7. The van der Waals surface area contributed by atoms with Gasteiger partial charge < -0.3 is 14.8 Å². The number of aromatic carboxylic acids is 1. The number of imidazole rings is 1. The van der Waals surface area contributed by atoms with Gasteiger partial charge in [-0.2, -0.15) is 0 Å². The number of pyridine rings is 1. The SMILES string of the molecule is CCCCCc1c(NCC(=O)NO)nc2ccc(C(=O)O)cn12. The van der Waals surface area contributed by atoms with E-state index in [0.29, 0.717) is 17.9 Å². The topological polar surface area (TPSA) is 116 Å². The van der Waals surface area contributed by atoms with Gasteiger partial charge in [0, 0.05) is 6.20 Å². The zero-order chi connectivity index (χ0) is 16.8. The van der Waals surface area contributed by atoms with Crippen LogP contribution in [0, 0.1) is 0 Å². The fourth-order valence-electron chi connectivity index (χ4n) is 2.35. The second-order valence-corrected chi connectivity index (χ2v) is 5.20. The van der Waals surface area contributed by atoms with Crippen molar-refractivity contribution in [2.45, 2.75) is 32.6 Å². The molecule has 1 amide bonds. The van der Waals surface area contributed by atoms with E-state index in [9.17, 15) is 9.59 Å². The molecule has 4 N–H and O–H groups in total. The van der Waals surface area contributed by atoms with Crippen molar-refractivity contribution in [3.63, 3.8) is 0 Å². The van der Waals surface area contributed by atoms with Crippen LogP contribution in [-0.2, 0) is 11.2 Å². The Hall–Kier alpha value is -2.61. The number of aromatic nitrogens is 2. The van der Waals surface area contributed by atoms with E-state index in [2.05, 4.69) is 17.2 Å². The molecule has 0 atom stereocenters. The quantitative estimate of drug-likeness (QED) is 0.334. The summed E-state index contributed by atoms with van der Waals surface area (Å²) in [6.07, 6.45) is 5.28. The summed E-state index contributed by atoms with van der Waals surface area (Å²) in [6.45, 7) is 1.98. The Morgan fingerprint density at radius 2 is 2.09 bits per heavy atom. The number of carbonyl (C=O) groups excluding carboxylic acids is 1. The van der Waals surface area contributed by atoms with Crippen molar-refractivity contribution in [3.05, 3.63) is 29.6 Å². The highest BCUT2D eigenvalue weighted by molar-refractivity contribution is 5.87. The number of carboxylic acids is 1. The lowest BCUT2D eigenvalue weighted by Gasteiger charge is -2.07. The van der Waals surface area contributed by atoms with Gasteiger partial charge in [0.2, 0.25) is 0 Å². The van der Waals surface area contributed by atoms with Gasteiger partial charge in [0.05, 0.1) is 17.8 Å². The average molecular weight is 320 g/mol. The minimum Gasteiger partial charge on any atom is -0.478 e. The smallest absolute Gasteiger partial charge is 0.337 e. The first-order valence-corrected chi connectivity index (χ1v) is 7.48. The summed E-state index contributed by atoms with van der Waals surface area (Å²) < 4.78 is 1.73. The lowest BCUT2D eigenvalue weighted by molar-refractivity contribution is -0.127. The zero-order valence-electron chi connectivity index (χ0n) is 12.9. The lowest BCUT2D eigenvalue weighted by Crippen LogP contribution is -2.27.